The molecule has 1 unspecified atom stereocenters. The Kier molecular flexibility index (Phi) is 2.89. The van der Waals surface area contributed by atoms with Crippen LogP contribution in [-0.2, 0) is 0 Å². The number of aromatic nitrogens is 3. The first kappa shape index (κ1) is 12.0. The van der Waals surface area contributed by atoms with E-state index in [0.717, 1.165) is 30.5 Å². The number of hydrogen-bond donors (Lipinski definition) is 1. The van der Waals surface area contributed by atoms with Crippen molar-refractivity contribution in [2.24, 2.45) is 0 Å². The Hall–Kier alpha value is -2.04. The molecular formula is C14H18N4O. The highest BCUT2D eigenvalue weighted by molar-refractivity contribution is 5.42. The van der Waals surface area contributed by atoms with Gasteiger partial charge in [-0.25, -0.2) is 4.68 Å². The maximum Gasteiger partial charge on any atom is 0.221 e. The zero-order chi connectivity index (χ0) is 13.4. The largest absolute Gasteiger partial charge is 0.496 e. The van der Waals surface area contributed by atoms with Crippen molar-refractivity contribution in [2.75, 3.05) is 19.0 Å². The SMILES string of the molecule is COc1ccc(C)cc1C1CCNc2nc(C)nn21. The van der Waals surface area contributed by atoms with E-state index in [-0.39, 0.29) is 6.04 Å². The number of methoxy groups -OCH3 is 1. The molecule has 5 heteroatoms. The number of aryl methyl sites for hydroxylation is 2. The lowest BCUT2D eigenvalue weighted by atomic mass is 9.99. The molecule has 19 heavy (non-hydrogen) atoms. The Balaban J connectivity index is 2.10. The Morgan fingerprint density at radius 2 is 2.21 bits per heavy atom. The summed E-state index contributed by atoms with van der Waals surface area (Å²) in [6.07, 6.45) is 0.982. The number of benzene rings is 1. The van der Waals surface area contributed by atoms with E-state index in [0.29, 0.717) is 0 Å². The highest BCUT2D eigenvalue weighted by atomic mass is 16.5. The van der Waals surface area contributed by atoms with Gasteiger partial charge in [-0.2, -0.15) is 10.1 Å². The third kappa shape index (κ3) is 2.05. The molecule has 0 saturated carbocycles. The lowest BCUT2D eigenvalue weighted by Gasteiger charge is -2.26. The van der Waals surface area contributed by atoms with Gasteiger partial charge in [0, 0.05) is 12.1 Å². The van der Waals surface area contributed by atoms with Crippen LogP contribution in [0.2, 0.25) is 0 Å². The van der Waals surface area contributed by atoms with Crippen LogP contribution in [0, 0.1) is 13.8 Å². The van der Waals surface area contributed by atoms with Crippen LogP contribution in [0.15, 0.2) is 18.2 Å². The van der Waals surface area contributed by atoms with E-state index >= 15 is 0 Å². The molecule has 2 heterocycles. The minimum atomic E-state index is 0.187. The van der Waals surface area contributed by atoms with Crippen LogP contribution in [-0.4, -0.2) is 28.4 Å². The summed E-state index contributed by atoms with van der Waals surface area (Å²) in [6, 6.07) is 6.45. The van der Waals surface area contributed by atoms with Crippen molar-refractivity contribution >= 4 is 5.95 Å². The van der Waals surface area contributed by atoms with Gasteiger partial charge in [-0.15, -0.1) is 0 Å². The average molecular weight is 258 g/mol. The Bertz CT molecular complexity index is 605. The van der Waals surface area contributed by atoms with Crippen molar-refractivity contribution < 1.29 is 4.74 Å². The third-order valence-corrected chi connectivity index (χ3v) is 3.48. The maximum absolute atomic E-state index is 5.49. The molecule has 0 saturated heterocycles. The van der Waals surface area contributed by atoms with Crippen LogP contribution in [0.3, 0.4) is 0 Å². The van der Waals surface area contributed by atoms with Crippen LogP contribution in [0.25, 0.3) is 0 Å². The van der Waals surface area contributed by atoms with Crippen LogP contribution >= 0.6 is 0 Å². The lowest BCUT2D eigenvalue weighted by Crippen LogP contribution is -2.25. The second-order valence-corrected chi connectivity index (χ2v) is 4.90. The molecule has 1 aromatic carbocycles. The summed E-state index contributed by atoms with van der Waals surface area (Å²) in [4.78, 5) is 4.40. The molecule has 1 atom stereocenters. The second kappa shape index (κ2) is 4.57. The fourth-order valence-electron chi connectivity index (χ4n) is 2.61. The predicted octanol–water partition coefficient (Wildman–Crippen LogP) is 2.31. The molecule has 1 N–H and O–H groups in total. The molecule has 100 valence electrons. The van der Waals surface area contributed by atoms with Gasteiger partial charge in [0.25, 0.3) is 0 Å². The Labute approximate surface area is 112 Å². The lowest BCUT2D eigenvalue weighted by molar-refractivity contribution is 0.391. The van der Waals surface area contributed by atoms with Gasteiger partial charge in [0.05, 0.1) is 13.2 Å². The van der Waals surface area contributed by atoms with Gasteiger partial charge < -0.3 is 10.1 Å². The molecule has 0 aliphatic carbocycles. The summed E-state index contributed by atoms with van der Waals surface area (Å²) >= 11 is 0. The Morgan fingerprint density at radius 3 is 3.00 bits per heavy atom. The smallest absolute Gasteiger partial charge is 0.221 e. The fraction of sp³-hybridized carbons (Fsp3) is 0.429. The normalized spacial score (nSPS) is 17.7. The number of anilines is 1. The number of rotatable bonds is 2. The first-order valence-electron chi connectivity index (χ1n) is 6.50. The highest BCUT2D eigenvalue weighted by Gasteiger charge is 2.26. The van der Waals surface area contributed by atoms with Gasteiger partial charge in [0.15, 0.2) is 0 Å². The molecule has 5 nitrogen and oxygen atoms in total. The molecule has 1 aliphatic rings. The quantitative estimate of drug-likeness (QED) is 0.898. The molecular weight excluding hydrogens is 240 g/mol. The van der Waals surface area contributed by atoms with Crippen molar-refractivity contribution in [3.8, 4) is 5.75 Å². The standard InChI is InChI=1S/C14H18N4O/c1-9-4-5-13(19-3)11(8-9)12-6-7-15-14-16-10(2)17-18(12)14/h4-5,8,12H,6-7H2,1-3H3,(H,15,16,17). The number of nitrogens with zero attached hydrogens (tertiary/aromatic N) is 3. The van der Waals surface area contributed by atoms with E-state index in [4.69, 9.17) is 4.74 Å². The first-order chi connectivity index (χ1) is 9.19. The highest BCUT2D eigenvalue weighted by Crippen LogP contribution is 2.34. The van der Waals surface area contributed by atoms with E-state index in [1.165, 1.54) is 11.1 Å². The summed E-state index contributed by atoms with van der Waals surface area (Å²) in [7, 11) is 1.71. The summed E-state index contributed by atoms with van der Waals surface area (Å²) < 4.78 is 7.46. The summed E-state index contributed by atoms with van der Waals surface area (Å²) in [5, 5.41) is 7.79. The van der Waals surface area contributed by atoms with E-state index in [1.54, 1.807) is 7.11 Å². The van der Waals surface area contributed by atoms with Crippen molar-refractivity contribution in [2.45, 2.75) is 26.3 Å². The van der Waals surface area contributed by atoms with E-state index in [2.05, 4.69) is 34.5 Å². The average Bonchev–Trinajstić information content (AvgIpc) is 2.78. The van der Waals surface area contributed by atoms with Crippen molar-refractivity contribution in [3.05, 3.63) is 35.2 Å². The maximum atomic E-state index is 5.49. The van der Waals surface area contributed by atoms with Crippen LogP contribution in [0.4, 0.5) is 5.95 Å². The molecule has 0 fully saturated rings. The molecule has 1 aliphatic heterocycles. The third-order valence-electron chi connectivity index (χ3n) is 3.48. The van der Waals surface area contributed by atoms with Gasteiger partial charge in [-0.3, -0.25) is 0 Å². The molecule has 0 bridgehead atoms. The molecule has 0 radical (unpaired) electrons. The summed E-state index contributed by atoms with van der Waals surface area (Å²) in [5.74, 6) is 2.55. The second-order valence-electron chi connectivity index (χ2n) is 4.90. The van der Waals surface area contributed by atoms with Gasteiger partial charge in [-0.05, 0) is 26.3 Å². The van der Waals surface area contributed by atoms with E-state index < -0.39 is 0 Å². The minimum Gasteiger partial charge on any atom is -0.496 e. The van der Waals surface area contributed by atoms with E-state index in [1.807, 2.05) is 17.7 Å². The van der Waals surface area contributed by atoms with Crippen molar-refractivity contribution in [1.82, 2.24) is 14.8 Å². The van der Waals surface area contributed by atoms with E-state index in [9.17, 15) is 0 Å². The minimum absolute atomic E-state index is 0.187. The van der Waals surface area contributed by atoms with Crippen LogP contribution in [0.5, 0.6) is 5.75 Å². The zero-order valence-electron chi connectivity index (χ0n) is 11.5. The fourth-order valence-corrected chi connectivity index (χ4v) is 2.61. The number of fused-ring (bicyclic) bond motifs is 1. The number of ether oxygens (including phenoxy) is 1. The molecule has 0 amide bonds. The number of hydrogen-bond acceptors (Lipinski definition) is 4. The van der Waals surface area contributed by atoms with Gasteiger partial charge in [-0.1, -0.05) is 17.7 Å². The molecule has 3 rings (SSSR count). The predicted molar refractivity (Wildman–Crippen MR) is 73.7 cm³/mol. The van der Waals surface area contributed by atoms with Crippen molar-refractivity contribution in [1.29, 1.82) is 0 Å². The molecule has 2 aromatic rings. The molecule has 0 spiro atoms. The topological polar surface area (TPSA) is 52.0 Å². The Morgan fingerprint density at radius 1 is 1.37 bits per heavy atom. The van der Waals surface area contributed by atoms with Gasteiger partial charge >= 0.3 is 0 Å². The van der Waals surface area contributed by atoms with Crippen LogP contribution in [0.1, 0.15) is 29.4 Å². The first-order valence-corrected chi connectivity index (χ1v) is 6.50. The van der Waals surface area contributed by atoms with Gasteiger partial charge in [0.2, 0.25) is 5.95 Å². The number of nitrogens with one attached hydrogen (secondary N) is 1. The van der Waals surface area contributed by atoms with Crippen LogP contribution < -0.4 is 10.1 Å². The zero-order valence-corrected chi connectivity index (χ0v) is 11.5. The summed E-state index contributed by atoms with van der Waals surface area (Å²) in [5.41, 5.74) is 2.41. The van der Waals surface area contributed by atoms with Gasteiger partial charge in [0.1, 0.15) is 11.6 Å². The summed E-state index contributed by atoms with van der Waals surface area (Å²) in [6.45, 7) is 4.91. The van der Waals surface area contributed by atoms with Crippen molar-refractivity contribution in [3.63, 3.8) is 0 Å². The molecule has 1 aromatic heterocycles. The monoisotopic (exact) mass is 258 g/mol.